The van der Waals surface area contributed by atoms with Crippen molar-refractivity contribution in [2.45, 2.75) is 31.7 Å². The molecule has 1 atom stereocenters. The lowest BCUT2D eigenvalue weighted by atomic mass is 10.1. The Kier molecular flexibility index (Phi) is 11.3. The molecule has 0 aromatic heterocycles. The van der Waals surface area contributed by atoms with Crippen LogP contribution in [0.2, 0.25) is 0 Å². The Bertz CT molecular complexity index is 1690. The molecule has 0 saturated heterocycles. The van der Waals surface area contributed by atoms with Crippen LogP contribution in [-0.4, -0.2) is 46.2 Å². The van der Waals surface area contributed by atoms with E-state index in [4.69, 9.17) is 9.47 Å². The summed E-state index contributed by atoms with van der Waals surface area (Å²) in [4.78, 5) is 25.2. The van der Waals surface area contributed by atoms with Gasteiger partial charge in [0.15, 0.2) is 6.61 Å². The molecule has 4 aromatic rings. The number of hydrogen-bond acceptors (Lipinski definition) is 7. The third kappa shape index (κ3) is 9.41. The van der Waals surface area contributed by atoms with Crippen molar-refractivity contribution in [3.8, 4) is 11.5 Å². The molecule has 0 heterocycles. The number of nitrogens with one attached hydrogen (secondary N) is 2. The molecule has 0 aliphatic heterocycles. The molecule has 45 heavy (non-hydrogen) atoms. The van der Waals surface area contributed by atoms with Crippen molar-refractivity contribution in [1.29, 1.82) is 0 Å². The van der Waals surface area contributed by atoms with Crippen molar-refractivity contribution >= 4 is 33.7 Å². The van der Waals surface area contributed by atoms with Crippen molar-refractivity contribution in [2.75, 3.05) is 24.1 Å². The molecule has 0 aliphatic rings. The predicted molar refractivity (Wildman–Crippen MR) is 174 cm³/mol. The van der Waals surface area contributed by atoms with Crippen LogP contribution in [0, 0.1) is 6.92 Å². The summed E-state index contributed by atoms with van der Waals surface area (Å²) in [5, 5.41) is 6.88. The maximum atomic E-state index is 13.6. The second kappa shape index (κ2) is 15.5. The van der Waals surface area contributed by atoms with Gasteiger partial charge in [-0.15, -0.1) is 0 Å². The van der Waals surface area contributed by atoms with Gasteiger partial charge in [0, 0.05) is 0 Å². The normalized spacial score (nSPS) is 11.9. The molecule has 234 valence electrons. The van der Waals surface area contributed by atoms with Gasteiger partial charge in [-0.1, -0.05) is 48.0 Å². The molecule has 11 heteroatoms. The van der Waals surface area contributed by atoms with E-state index < -0.39 is 22.5 Å². The van der Waals surface area contributed by atoms with E-state index in [9.17, 15) is 18.0 Å². The molecule has 2 N–H and O–H groups in total. The Morgan fingerprint density at radius 2 is 1.47 bits per heavy atom. The standard InChI is InChI=1S/C34H36N4O6S/c1-4-43-30-18-14-29(15-19-30)38(45(41,42)32-20-10-25(2)11-21-32)23-33(39)37-35-22-27-12-16-31(17-13-27)44-24-34(40)36-26(3)28-8-6-5-7-9-28/h5-22,26H,4,23-24H2,1-3H3,(H,36,40)(H,37,39)/b35-22-/t26-/m0/s1. The van der Waals surface area contributed by atoms with Crippen LogP contribution in [0.25, 0.3) is 0 Å². The van der Waals surface area contributed by atoms with E-state index in [0.29, 0.717) is 29.4 Å². The van der Waals surface area contributed by atoms with E-state index in [-0.39, 0.29) is 23.5 Å². The van der Waals surface area contributed by atoms with Crippen LogP contribution in [0.3, 0.4) is 0 Å². The molecule has 0 radical (unpaired) electrons. The largest absolute Gasteiger partial charge is 0.494 e. The van der Waals surface area contributed by atoms with Gasteiger partial charge < -0.3 is 14.8 Å². The zero-order valence-electron chi connectivity index (χ0n) is 25.3. The summed E-state index contributed by atoms with van der Waals surface area (Å²) in [5.41, 5.74) is 5.26. The first-order chi connectivity index (χ1) is 21.7. The number of ether oxygens (including phenoxy) is 2. The Hall–Kier alpha value is -5.16. The number of carbonyl (C=O) groups excluding carboxylic acids is 2. The zero-order chi connectivity index (χ0) is 32.2. The second-order valence-corrected chi connectivity index (χ2v) is 12.0. The van der Waals surface area contributed by atoms with Gasteiger partial charge in [-0.05, 0) is 92.6 Å². The fourth-order valence-corrected chi connectivity index (χ4v) is 5.70. The van der Waals surface area contributed by atoms with Gasteiger partial charge >= 0.3 is 0 Å². The number of amides is 2. The van der Waals surface area contributed by atoms with Gasteiger partial charge in [0.2, 0.25) is 0 Å². The molecule has 0 aliphatic carbocycles. The molecule has 10 nitrogen and oxygen atoms in total. The van der Waals surface area contributed by atoms with Gasteiger partial charge in [-0.2, -0.15) is 5.10 Å². The van der Waals surface area contributed by atoms with Crippen molar-refractivity contribution in [3.05, 3.63) is 120 Å². The first-order valence-corrected chi connectivity index (χ1v) is 15.8. The molecule has 0 unspecified atom stereocenters. The van der Waals surface area contributed by atoms with Crippen LogP contribution < -0.4 is 24.5 Å². The Labute approximate surface area is 263 Å². The number of hydrogen-bond donors (Lipinski definition) is 2. The predicted octanol–water partition coefficient (Wildman–Crippen LogP) is 5.00. The average molecular weight is 629 g/mol. The Balaban J connectivity index is 1.35. The number of aryl methyl sites for hydroxylation is 1. The SMILES string of the molecule is CCOc1ccc(N(CC(=O)N/N=C\c2ccc(OCC(=O)N[C@@H](C)c3ccccc3)cc2)S(=O)(=O)c2ccc(C)cc2)cc1. The molecule has 2 amide bonds. The summed E-state index contributed by atoms with van der Waals surface area (Å²) >= 11 is 0. The minimum atomic E-state index is -4.07. The zero-order valence-corrected chi connectivity index (χ0v) is 26.2. The number of anilines is 1. The van der Waals surface area contributed by atoms with E-state index in [1.54, 1.807) is 60.7 Å². The van der Waals surface area contributed by atoms with Crippen LogP contribution in [0.15, 0.2) is 113 Å². The third-order valence-electron chi connectivity index (χ3n) is 6.66. The van der Waals surface area contributed by atoms with Crippen molar-refractivity contribution < 1.29 is 27.5 Å². The van der Waals surface area contributed by atoms with E-state index in [1.807, 2.05) is 51.1 Å². The maximum Gasteiger partial charge on any atom is 0.264 e. The average Bonchev–Trinajstić information content (AvgIpc) is 3.04. The van der Waals surface area contributed by atoms with Crippen LogP contribution in [0.4, 0.5) is 5.69 Å². The van der Waals surface area contributed by atoms with E-state index >= 15 is 0 Å². The minimum absolute atomic E-state index is 0.0591. The van der Waals surface area contributed by atoms with Crippen LogP contribution in [0.5, 0.6) is 11.5 Å². The van der Waals surface area contributed by atoms with Gasteiger partial charge in [-0.25, -0.2) is 13.8 Å². The Morgan fingerprint density at radius 3 is 2.11 bits per heavy atom. The summed E-state index contributed by atoms with van der Waals surface area (Å²) in [6.07, 6.45) is 1.42. The number of rotatable bonds is 14. The minimum Gasteiger partial charge on any atom is -0.494 e. The highest BCUT2D eigenvalue weighted by molar-refractivity contribution is 7.92. The lowest BCUT2D eigenvalue weighted by Crippen LogP contribution is -2.39. The Morgan fingerprint density at radius 1 is 0.844 bits per heavy atom. The summed E-state index contributed by atoms with van der Waals surface area (Å²) in [6, 6.07) is 29.2. The van der Waals surface area contributed by atoms with Crippen LogP contribution >= 0.6 is 0 Å². The highest BCUT2D eigenvalue weighted by Gasteiger charge is 2.27. The maximum absolute atomic E-state index is 13.6. The summed E-state index contributed by atoms with van der Waals surface area (Å²) in [5.74, 6) is 0.196. The van der Waals surface area contributed by atoms with E-state index in [2.05, 4.69) is 15.8 Å². The highest BCUT2D eigenvalue weighted by atomic mass is 32.2. The molecule has 0 fully saturated rings. The van der Waals surface area contributed by atoms with Crippen molar-refractivity contribution in [1.82, 2.24) is 10.7 Å². The summed E-state index contributed by atoms with van der Waals surface area (Å²) in [7, 11) is -4.07. The highest BCUT2D eigenvalue weighted by Crippen LogP contribution is 2.26. The van der Waals surface area contributed by atoms with Gasteiger partial charge in [-0.3, -0.25) is 13.9 Å². The summed E-state index contributed by atoms with van der Waals surface area (Å²) in [6.45, 7) is 5.44. The summed E-state index contributed by atoms with van der Waals surface area (Å²) < 4.78 is 39.2. The number of benzene rings is 4. The smallest absolute Gasteiger partial charge is 0.264 e. The molecule has 4 rings (SSSR count). The monoisotopic (exact) mass is 628 g/mol. The second-order valence-electron chi connectivity index (χ2n) is 10.1. The number of carbonyl (C=O) groups is 2. The van der Waals surface area contributed by atoms with Gasteiger partial charge in [0.1, 0.15) is 18.0 Å². The molecule has 4 aromatic carbocycles. The molecule has 0 bridgehead atoms. The van der Waals surface area contributed by atoms with Crippen molar-refractivity contribution in [2.24, 2.45) is 5.10 Å². The third-order valence-corrected chi connectivity index (χ3v) is 8.45. The van der Waals surface area contributed by atoms with Gasteiger partial charge in [0.05, 0.1) is 29.4 Å². The number of hydrazone groups is 1. The van der Waals surface area contributed by atoms with E-state index in [0.717, 1.165) is 15.4 Å². The fraction of sp³-hybridized carbons (Fsp3) is 0.206. The topological polar surface area (TPSA) is 126 Å². The number of nitrogens with zero attached hydrogens (tertiary/aromatic N) is 2. The first kappa shape index (κ1) is 32.7. The number of sulfonamides is 1. The molecule has 0 spiro atoms. The first-order valence-electron chi connectivity index (χ1n) is 14.4. The fourth-order valence-electron chi connectivity index (χ4n) is 4.28. The quantitative estimate of drug-likeness (QED) is 0.150. The van der Waals surface area contributed by atoms with E-state index in [1.165, 1.54) is 18.3 Å². The van der Waals surface area contributed by atoms with Crippen molar-refractivity contribution in [3.63, 3.8) is 0 Å². The lowest BCUT2D eigenvalue weighted by molar-refractivity contribution is -0.123. The molecule has 0 saturated carbocycles. The van der Waals surface area contributed by atoms with Crippen LogP contribution in [-0.2, 0) is 19.6 Å². The van der Waals surface area contributed by atoms with Gasteiger partial charge in [0.25, 0.3) is 21.8 Å². The lowest BCUT2D eigenvalue weighted by Gasteiger charge is -2.24. The molecular weight excluding hydrogens is 592 g/mol. The molecular formula is C34H36N4O6S. The van der Waals surface area contributed by atoms with Crippen LogP contribution in [0.1, 0.15) is 36.6 Å².